The van der Waals surface area contributed by atoms with E-state index < -0.39 is 10.0 Å². The smallest absolute Gasteiger partial charge is 0.263 e. The van der Waals surface area contributed by atoms with Gasteiger partial charge in [0.2, 0.25) is 0 Å². The van der Waals surface area contributed by atoms with E-state index in [4.69, 9.17) is 23.8 Å². The van der Waals surface area contributed by atoms with Gasteiger partial charge in [-0.05, 0) is 42.8 Å². The van der Waals surface area contributed by atoms with Crippen LogP contribution in [0.5, 0.6) is 0 Å². The summed E-state index contributed by atoms with van der Waals surface area (Å²) in [5.41, 5.74) is 7.76. The highest BCUT2D eigenvalue weighted by atomic mass is 35.5. The van der Waals surface area contributed by atoms with E-state index >= 15 is 0 Å². The summed E-state index contributed by atoms with van der Waals surface area (Å²) < 4.78 is 27.2. The summed E-state index contributed by atoms with van der Waals surface area (Å²) in [7, 11) is -3.84. The molecule has 4 nitrogen and oxygen atoms in total. The Labute approximate surface area is 129 Å². The Morgan fingerprint density at radius 2 is 2.00 bits per heavy atom. The Morgan fingerprint density at radius 3 is 2.67 bits per heavy atom. The van der Waals surface area contributed by atoms with E-state index in [2.05, 4.69) is 10.6 Å². The normalized spacial score (nSPS) is 10.9. The Balaban J connectivity index is 2.43. The van der Waals surface area contributed by atoms with Crippen LogP contribution in [0.25, 0.3) is 0 Å². The maximum Gasteiger partial charge on any atom is 0.263 e. The van der Waals surface area contributed by atoms with Crippen molar-refractivity contribution in [1.82, 2.24) is 0 Å². The van der Waals surface area contributed by atoms with Crippen LogP contribution in [-0.2, 0) is 10.0 Å². The molecule has 108 valence electrons. The molecule has 0 aliphatic heterocycles. The molecule has 0 spiro atoms. The van der Waals surface area contributed by atoms with Crippen molar-refractivity contribution in [3.63, 3.8) is 0 Å². The van der Waals surface area contributed by atoms with E-state index in [1.165, 1.54) is 12.1 Å². The SMILES string of the molecule is C#Cc1cccc(NS(=O)(=O)c2cc(N)c(C)cc2Cl)c1. The zero-order valence-corrected chi connectivity index (χ0v) is 12.8. The second kappa shape index (κ2) is 5.68. The molecule has 0 aromatic heterocycles. The lowest BCUT2D eigenvalue weighted by Crippen LogP contribution is -2.14. The molecule has 0 aliphatic rings. The van der Waals surface area contributed by atoms with Crippen LogP contribution in [0.15, 0.2) is 41.3 Å². The molecule has 0 aliphatic carbocycles. The van der Waals surface area contributed by atoms with Crippen molar-refractivity contribution in [3.8, 4) is 12.3 Å². The van der Waals surface area contributed by atoms with Gasteiger partial charge in [0.05, 0.1) is 10.7 Å². The number of sulfonamides is 1. The fourth-order valence-corrected chi connectivity index (χ4v) is 3.43. The van der Waals surface area contributed by atoms with Crippen molar-refractivity contribution in [2.45, 2.75) is 11.8 Å². The quantitative estimate of drug-likeness (QED) is 0.674. The third-order valence-electron chi connectivity index (χ3n) is 2.89. The first kappa shape index (κ1) is 15.2. The van der Waals surface area contributed by atoms with Crippen molar-refractivity contribution < 1.29 is 8.42 Å². The first-order valence-corrected chi connectivity index (χ1v) is 7.85. The number of nitrogens with two attached hydrogens (primary N) is 1. The molecule has 0 radical (unpaired) electrons. The lowest BCUT2D eigenvalue weighted by molar-refractivity contribution is 0.601. The summed E-state index contributed by atoms with van der Waals surface area (Å²) in [6.45, 7) is 1.75. The first-order valence-electron chi connectivity index (χ1n) is 5.98. The minimum atomic E-state index is -3.84. The van der Waals surface area contributed by atoms with Gasteiger partial charge in [0, 0.05) is 11.3 Å². The predicted octanol–water partition coefficient (Wildman–Crippen LogP) is 3.01. The number of anilines is 2. The molecule has 21 heavy (non-hydrogen) atoms. The third kappa shape index (κ3) is 3.30. The first-order chi connectivity index (χ1) is 9.83. The molecule has 0 atom stereocenters. The van der Waals surface area contributed by atoms with Gasteiger partial charge in [-0.15, -0.1) is 6.42 Å². The molecule has 2 rings (SSSR count). The molecule has 2 aromatic rings. The average Bonchev–Trinajstić information content (AvgIpc) is 2.42. The zero-order valence-electron chi connectivity index (χ0n) is 11.2. The number of nitrogen functional groups attached to an aromatic ring is 1. The van der Waals surface area contributed by atoms with Crippen molar-refractivity contribution in [2.75, 3.05) is 10.5 Å². The molecular formula is C15H13ClN2O2S. The minimum absolute atomic E-state index is 0.0709. The highest BCUT2D eigenvalue weighted by molar-refractivity contribution is 7.92. The number of terminal acetylenes is 1. The van der Waals surface area contributed by atoms with Gasteiger partial charge in [-0.2, -0.15) is 0 Å². The molecule has 0 heterocycles. The number of aryl methyl sites for hydroxylation is 1. The lowest BCUT2D eigenvalue weighted by atomic mass is 10.2. The summed E-state index contributed by atoms with van der Waals surface area (Å²) >= 11 is 6.00. The van der Waals surface area contributed by atoms with Crippen LogP contribution in [0.4, 0.5) is 11.4 Å². The van der Waals surface area contributed by atoms with Crippen LogP contribution >= 0.6 is 11.6 Å². The highest BCUT2D eigenvalue weighted by Crippen LogP contribution is 2.28. The van der Waals surface area contributed by atoms with Gasteiger partial charge in [-0.3, -0.25) is 4.72 Å². The van der Waals surface area contributed by atoms with Crippen LogP contribution in [0.3, 0.4) is 0 Å². The van der Waals surface area contributed by atoms with Gasteiger partial charge >= 0.3 is 0 Å². The topological polar surface area (TPSA) is 72.2 Å². The largest absolute Gasteiger partial charge is 0.398 e. The van der Waals surface area contributed by atoms with Crippen LogP contribution < -0.4 is 10.5 Å². The van der Waals surface area contributed by atoms with Crippen molar-refractivity contribution in [3.05, 3.63) is 52.5 Å². The molecule has 0 amide bonds. The zero-order chi connectivity index (χ0) is 15.6. The third-order valence-corrected chi connectivity index (χ3v) is 4.74. The van der Waals surface area contributed by atoms with Crippen molar-refractivity contribution in [1.29, 1.82) is 0 Å². The number of hydrogen-bond donors (Lipinski definition) is 2. The lowest BCUT2D eigenvalue weighted by Gasteiger charge is -2.11. The minimum Gasteiger partial charge on any atom is -0.398 e. The average molecular weight is 321 g/mol. The summed E-state index contributed by atoms with van der Waals surface area (Å²) in [4.78, 5) is -0.0709. The van der Waals surface area contributed by atoms with Gasteiger partial charge in [-0.1, -0.05) is 23.6 Å². The Kier molecular flexibility index (Phi) is 4.12. The molecule has 0 unspecified atom stereocenters. The monoisotopic (exact) mass is 320 g/mol. The molecule has 0 fully saturated rings. The second-order valence-corrected chi connectivity index (χ2v) is 6.53. The van der Waals surface area contributed by atoms with Gasteiger partial charge < -0.3 is 5.73 Å². The van der Waals surface area contributed by atoms with Crippen molar-refractivity contribution >= 4 is 33.0 Å². The maximum atomic E-state index is 12.4. The summed E-state index contributed by atoms with van der Waals surface area (Å²) in [5, 5.41) is 0.113. The maximum absolute atomic E-state index is 12.4. The molecule has 6 heteroatoms. The number of nitrogens with one attached hydrogen (secondary N) is 1. The number of hydrogen-bond acceptors (Lipinski definition) is 3. The van der Waals surface area contributed by atoms with Gasteiger partial charge in [0.15, 0.2) is 0 Å². The van der Waals surface area contributed by atoms with Gasteiger partial charge in [0.25, 0.3) is 10.0 Å². The molecule has 0 saturated heterocycles. The van der Waals surface area contributed by atoms with Gasteiger partial charge in [-0.25, -0.2) is 8.42 Å². The van der Waals surface area contributed by atoms with Crippen LogP contribution in [0.1, 0.15) is 11.1 Å². The van der Waals surface area contributed by atoms with Crippen LogP contribution in [0, 0.1) is 19.3 Å². The Morgan fingerprint density at radius 1 is 1.29 bits per heavy atom. The molecular weight excluding hydrogens is 308 g/mol. The fourth-order valence-electron chi connectivity index (χ4n) is 1.76. The van der Waals surface area contributed by atoms with Crippen LogP contribution in [0.2, 0.25) is 5.02 Å². The fraction of sp³-hybridized carbons (Fsp3) is 0.0667. The number of halogens is 1. The molecule has 0 saturated carbocycles. The van der Waals surface area contributed by atoms with E-state index in [9.17, 15) is 8.42 Å². The van der Waals surface area contributed by atoms with E-state index in [1.807, 2.05) is 0 Å². The van der Waals surface area contributed by atoms with Crippen molar-refractivity contribution in [2.24, 2.45) is 0 Å². The van der Waals surface area contributed by atoms with E-state index in [0.717, 1.165) is 0 Å². The molecule has 3 N–H and O–H groups in total. The number of benzene rings is 2. The molecule has 2 aromatic carbocycles. The number of rotatable bonds is 3. The van der Waals surface area contributed by atoms with Gasteiger partial charge in [0.1, 0.15) is 4.90 Å². The van der Waals surface area contributed by atoms with E-state index in [0.29, 0.717) is 22.5 Å². The molecule has 0 bridgehead atoms. The standard InChI is InChI=1S/C15H13ClN2O2S/c1-3-11-5-4-6-12(8-11)18-21(19,20)15-9-14(17)10(2)7-13(15)16/h1,4-9,18H,17H2,2H3. The summed E-state index contributed by atoms with van der Waals surface area (Å²) in [6, 6.07) is 9.38. The Bertz CT molecular complexity index is 839. The Hall–Kier alpha value is -2.16. The predicted molar refractivity (Wildman–Crippen MR) is 85.8 cm³/mol. The van der Waals surface area contributed by atoms with Crippen LogP contribution in [-0.4, -0.2) is 8.42 Å². The summed E-state index contributed by atoms with van der Waals surface area (Å²) in [5.74, 6) is 2.44. The van der Waals surface area contributed by atoms with E-state index in [1.54, 1.807) is 31.2 Å². The highest BCUT2D eigenvalue weighted by Gasteiger charge is 2.19. The van der Waals surface area contributed by atoms with E-state index in [-0.39, 0.29) is 9.92 Å². The summed E-state index contributed by atoms with van der Waals surface area (Å²) in [6.07, 6.45) is 5.29. The second-order valence-electron chi connectivity index (χ2n) is 4.47.